The molecule has 0 atom stereocenters. The Morgan fingerprint density at radius 1 is 0.444 bits per heavy atom. The standard InChI is InChI=1S/C43H30N4O7/c1-51-41(48)27-10-4-24(5-11-27)38-30-16-18-32(44-30)39(25-6-12-28(13-7-25)42(49)52-2)34-20-22-36(46-34)54-37-23-21-35(47-37)40(33-19-17-31(38)45-33)26-8-14-29(15-9-26)43(50)53-3/h4-23,44H,1-3H3. The fourth-order valence-corrected chi connectivity index (χ4v) is 6.50. The van der Waals surface area contributed by atoms with Gasteiger partial charge in [0, 0.05) is 39.9 Å². The Morgan fingerprint density at radius 2 is 0.778 bits per heavy atom. The van der Waals surface area contributed by atoms with Gasteiger partial charge in [0.15, 0.2) is 0 Å². The Kier molecular flexibility index (Phi) is 8.72. The van der Waals surface area contributed by atoms with Gasteiger partial charge in [0.25, 0.3) is 0 Å². The summed E-state index contributed by atoms with van der Waals surface area (Å²) in [6.45, 7) is 0. The normalized spacial score (nSPS) is 12.0. The van der Waals surface area contributed by atoms with E-state index in [2.05, 4.69) is 4.98 Å². The number of carbonyl (C=O) groups excluding carboxylic acids is 3. The molecule has 0 unspecified atom stereocenters. The highest BCUT2D eigenvalue weighted by Crippen LogP contribution is 2.37. The minimum Gasteiger partial charge on any atom is -0.465 e. The van der Waals surface area contributed by atoms with Crippen molar-refractivity contribution in [3.8, 4) is 33.4 Å². The molecule has 8 bridgehead atoms. The smallest absolute Gasteiger partial charge is 0.337 e. The van der Waals surface area contributed by atoms with E-state index in [0.29, 0.717) is 56.8 Å². The molecular formula is C43H30N4O7. The third kappa shape index (κ3) is 6.24. The number of aromatic amines is 1. The van der Waals surface area contributed by atoms with Gasteiger partial charge < -0.3 is 23.6 Å². The lowest BCUT2D eigenvalue weighted by molar-refractivity contribution is 0.0592. The summed E-state index contributed by atoms with van der Waals surface area (Å²) < 4.78 is 21.0. The lowest BCUT2D eigenvalue weighted by Gasteiger charge is -2.07. The summed E-state index contributed by atoms with van der Waals surface area (Å²) in [4.78, 5) is 55.3. The van der Waals surface area contributed by atoms with Gasteiger partial charge in [-0.25, -0.2) is 29.3 Å². The van der Waals surface area contributed by atoms with Crippen molar-refractivity contribution < 1.29 is 33.0 Å². The fraction of sp³-hybridized carbons (Fsp3) is 0.0698. The summed E-state index contributed by atoms with van der Waals surface area (Å²) in [6, 6.07) is 25.2. The molecule has 0 aliphatic carbocycles. The summed E-state index contributed by atoms with van der Waals surface area (Å²) in [5.41, 5.74) is 9.86. The zero-order chi connectivity index (χ0) is 37.3. The molecule has 0 amide bonds. The number of carbonyl (C=O) groups is 3. The number of rotatable bonds is 6. The van der Waals surface area contributed by atoms with Crippen LogP contribution < -0.4 is 0 Å². The summed E-state index contributed by atoms with van der Waals surface area (Å²) in [6.07, 6.45) is 11.1. The second-order valence-electron chi connectivity index (χ2n) is 12.3. The van der Waals surface area contributed by atoms with Crippen LogP contribution in [0.25, 0.3) is 80.9 Å². The van der Waals surface area contributed by atoms with Crippen LogP contribution in [0.3, 0.4) is 0 Å². The highest BCUT2D eigenvalue weighted by atomic mass is 16.5. The number of methoxy groups -OCH3 is 3. The van der Waals surface area contributed by atoms with E-state index < -0.39 is 17.9 Å². The number of hydrogen-bond donors (Lipinski definition) is 1. The van der Waals surface area contributed by atoms with Crippen molar-refractivity contribution in [2.75, 3.05) is 21.3 Å². The monoisotopic (exact) mass is 714 g/mol. The molecule has 0 spiro atoms. The predicted octanol–water partition coefficient (Wildman–Crippen LogP) is 8.57. The lowest BCUT2D eigenvalue weighted by atomic mass is 10.0. The van der Waals surface area contributed by atoms with Gasteiger partial charge in [0.2, 0.25) is 11.8 Å². The van der Waals surface area contributed by atoms with Crippen LogP contribution in [0.2, 0.25) is 0 Å². The Hall–Kier alpha value is -7.40. The molecule has 0 saturated heterocycles. The zero-order valence-corrected chi connectivity index (χ0v) is 29.2. The Labute approximate surface area is 308 Å². The molecule has 11 nitrogen and oxygen atoms in total. The van der Waals surface area contributed by atoms with E-state index in [9.17, 15) is 14.4 Å². The van der Waals surface area contributed by atoms with Crippen LogP contribution >= 0.6 is 0 Å². The number of ether oxygens (including phenoxy) is 3. The van der Waals surface area contributed by atoms with Crippen LogP contribution in [0.1, 0.15) is 65.6 Å². The van der Waals surface area contributed by atoms with E-state index in [1.807, 2.05) is 72.8 Å². The van der Waals surface area contributed by atoms with Crippen molar-refractivity contribution in [3.05, 3.63) is 136 Å². The third-order valence-corrected chi connectivity index (χ3v) is 9.11. The number of H-pyrrole nitrogens is 1. The molecule has 0 fully saturated rings. The highest BCUT2D eigenvalue weighted by molar-refractivity contribution is 5.98. The van der Waals surface area contributed by atoms with Crippen molar-refractivity contribution in [2.24, 2.45) is 0 Å². The number of aromatic nitrogens is 4. The van der Waals surface area contributed by atoms with Gasteiger partial charge in [-0.2, -0.15) is 0 Å². The number of esters is 3. The van der Waals surface area contributed by atoms with Gasteiger partial charge in [-0.15, -0.1) is 0 Å². The lowest BCUT2D eigenvalue weighted by Crippen LogP contribution is -2.00. The van der Waals surface area contributed by atoms with Gasteiger partial charge >= 0.3 is 17.9 Å². The van der Waals surface area contributed by atoms with Crippen molar-refractivity contribution in [2.45, 2.75) is 0 Å². The SMILES string of the molecule is COC(=O)c1ccc(-c2c3nc(oc4nc(c(-c5ccc(C(=O)OC)cc5)c5ccc([nH]5)c(-c5ccc(C(=O)OC)cc5)c5nc2C=C5)C=C4)C=C3)cc1. The van der Waals surface area contributed by atoms with Crippen LogP contribution in [0.15, 0.2) is 89.3 Å². The number of fused-ring (bicyclic) bond motifs is 8. The summed E-state index contributed by atoms with van der Waals surface area (Å²) >= 11 is 0. The number of nitrogens with one attached hydrogen (secondary N) is 1. The highest BCUT2D eigenvalue weighted by Gasteiger charge is 2.20. The number of hydrogen-bond acceptors (Lipinski definition) is 10. The quantitative estimate of drug-likeness (QED) is 0.131. The molecule has 0 saturated carbocycles. The Morgan fingerprint density at radius 3 is 1.19 bits per heavy atom. The minimum absolute atomic E-state index is 0.335. The van der Waals surface area contributed by atoms with E-state index in [0.717, 1.165) is 38.9 Å². The van der Waals surface area contributed by atoms with E-state index in [-0.39, 0.29) is 0 Å². The molecule has 11 heteroatoms. The Bertz CT molecular complexity index is 2650. The minimum atomic E-state index is -0.442. The fourth-order valence-electron chi connectivity index (χ4n) is 6.50. The molecule has 1 N–H and O–H groups in total. The van der Waals surface area contributed by atoms with E-state index in [1.54, 1.807) is 48.6 Å². The predicted molar refractivity (Wildman–Crippen MR) is 205 cm³/mol. The largest absolute Gasteiger partial charge is 0.465 e. The topological polar surface area (TPSA) is 146 Å². The molecule has 54 heavy (non-hydrogen) atoms. The molecular weight excluding hydrogens is 684 g/mol. The van der Waals surface area contributed by atoms with Crippen molar-refractivity contribution in [1.82, 2.24) is 19.9 Å². The first-order valence-corrected chi connectivity index (χ1v) is 16.8. The molecule has 3 aliphatic rings. The van der Waals surface area contributed by atoms with Crippen molar-refractivity contribution in [1.29, 1.82) is 0 Å². The van der Waals surface area contributed by atoms with E-state index in [4.69, 9.17) is 33.6 Å². The average Bonchev–Trinajstić information content (AvgIpc) is 4.05. The van der Waals surface area contributed by atoms with Crippen LogP contribution in [-0.4, -0.2) is 59.2 Å². The van der Waals surface area contributed by atoms with E-state index >= 15 is 0 Å². The van der Waals surface area contributed by atoms with Crippen molar-refractivity contribution in [3.63, 3.8) is 0 Å². The molecule has 0 radical (unpaired) electrons. The first-order chi connectivity index (χ1) is 26.3. The molecule has 5 heterocycles. The molecule has 2 aromatic heterocycles. The molecule has 264 valence electrons. The third-order valence-electron chi connectivity index (χ3n) is 9.11. The summed E-state index contributed by atoms with van der Waals surface area (Å²) in [5, 5.41) is 0. The van der Waals surface area contributed by atoms with Gasteiger partial charge in [-0.1, -0.05) is 36.4 Å². The second-order valence-corrected chi connectivity index (χ2v) is 12.3. The van der Waals surface area contributed by atoms with Crippen molar-refractivity contribution >= 4 is 65.4 Å². The first-order valence-electron chi connectivity index (χ1n) is 16.8. The zero-order valence-electron chi connectivity index (χ0n) is 29.2. The second kappa shape index (κ2) is 14.0. The van der Waals surface area contributed by atoms with Crippen LogP contribution in [0, 0.1) is 0 Å². The Balaban J connectivity index is 1.44. The van der Waals surface area contributed by atoms with Gasteiger partial charge in [-0.05, 0) is 89.5 Å². The summed E-state index contributed by atoms with van der Waals surface area (Å²) in [5.74, 6) is -0.645. The number of benzene rings is 3. The maximum Gasteiger partial charge on any atom is 0.337 e. The van der Waals surface area contributed by atoms with Gasteiger partial charge in [-0.3, -0.25) is 0 Å². The maximum atomic E-state index is 12.3. The molecule has 8 rings (SSSR count). The first kappa shape index (κ1) is 33.7. The number of nitrogens with zero attached hydrogens (tertiary/aromatic N) is 3. The molecule has 5 aromatic rings. The molecule has 3 aliphatic heterocycles. The summed E-state index contributed by atoms with van der Waals surface area (Å²) in [7, 11) is 4.03. The van der Waals surface area contributed by atoms with E-state index in [1.165, 1.54) is 21.3 Å². The average molecular weight is 715 g/mol. The van der Waals surface area contributed by atoms with Gasteiger partial charge in [0.05, 0.1) is 60.8 Å². The van der Waals surface area contributed by atoms with Crippen LogP contribution in [0.4, 0.5) is 0 Å². The van der Waals surface area contributed by atoms with Crippen LogP contribution in [-0.2, 0) is 14.2 Å². The maximum absolute atomic E-state index is 12.3. The molecule has 3 aromatic carbocycles. The van der Waals surface area contributed by atoms with Crippen LogP contribution in [0.5, 0.6) is 0 Å². The van der Waals surface area contributed by atoms with Gasteiger partial charge in [0.1, 0.15) is 0 Å².